The number of nitriles is 1. The molecule has 0 radical (unpaired) electrons. The minimum absolute atomic E-state index is 0.0287. The summed E-state index contributed by atoms with van der Waals surface area (Å²) in [6, 6.07) is 17.0. The second kappa shape index (κ2) is 9.62. The van der Waals surface area contributed by atoms with Crippen LogP contribution in [0.1, 0.15) is 0 Å². The monoisotopic (exact) mass is 391 g/mol. The maximum absolute atomic E-state index is 12.4. The molecule has 0 bridgehead atoms. The predicted molar refractivity (Wildman–Crippen MR) is 115 cm³/mol. The van der Waals surface area contributed by atoms with Crippen molar-refractivity contribution in [2.75, 3.05) is 55.9 Å². The number of piperazine rings is 1. The number of methoxy groups -OCH3 is 1. The van der Waals surface area contributed by atoms with Gasteiger partial charge in [-0.05, 0) is 43.4 Å². The van der Waals surface area contributed by atoms with Crippen molar-refractivity contribution in [1.82, 2.24) is 4.90 Å². The maximum Gasteiger partial charge on any atom is 0.267 e. The molecule has 1 amide bonds. The Hall–Kier alpha value is -3.50. The summed E-state index contributed by atoms with van der Waals surface area (Å²) in [5.41, 5.74) is 2.46. The Bertz CT molecular complexity index is 910. The Morgan fingerprint density at radius 2 is 1.79 bits per heavy atom. The number of nitrogens with one attached hydrogen (secondary N) is 2. The first-order valence-corrected chi connectivity index (χ1v) is 9.45. The molecule has 7 nitrogen and oxygen atoms in total. The van der Waals surface area contributed by atoms with Gasteiger partial charge in [-0.15, -0.1) is 0 Å². The highest BCUT2D eigenvalue weighted by atomic mass is 16.5. The van der Waals surface area contributed by atoms with Gasteiger partial charge in [0, 0.05) is 43.8 Å². The zero-order valence-electron chi connectivity index (χ0n) is 16.7. The van der Waals surface area contributed by atoms with Crippen LogP contribution in [0.4, 0.5) is 17.1 Å². The smallest absolute Gasteiger partial charge is 0.267 e. The van der Waals surface area contributed by atoms with Gasteiger partial charge in [-0.3, -0.25) is 4.79 Å². The lowest BCUT2D eigenvalue weighted by molar-refractivity contribution is -0.112. The Labute approximate surface area is 171 Å². The molecule has 1 aliphatic rings. The topological polar surface area (TPSA) is 80.6 Å². The van der Waals surface area contributed by atoms with Crippen molar-refractivity contribution in [3.63, 3.8) is 0 Å². The highest BCUT2D eigenvalue weighted by Gasteiger charge is 2.14. The van der Waals surface area contributed by atoms with Crippen molar-refractivity contribution in [1.29, 1.82) is 5.26 Å². The van der Waals surface area contributed by atoms with E-state index >= 15 is 0 Å². The third-order valence-electron chi connectivity index (χ3n) is 4.84. The molecule has 2 N–H and O–H groups in total. The van der Waals surface area contributed by atoms with Crippen molar-refractivity contribution in [2.45, 2.75) is 0 Å². The number of amides is 1. The standard InChI is InChI=1S/C22H25N5O2/c1-26-11-13-27(14-12-26)19-9-7-18(8-10-19)24-16-17(15-23)22(28)25-20-5-3-4-6-21(20)29-2/h3-10,16,24H,11-14H2,1-2H3,(H,25,28)/b17-16-. The maximum atomic E-state index is 12.4. The minimum atomic E-state index is -0.501. The second-order valence-electron chi connectivity index (χ2n) is 6.81. The normalized spacial score (nSPS) is 14.8. The van der Waals surface area contributed by atoms with Gasteiger partial charge in [-0.1, -0.05) is 12.1 Å². The molecule has 2 aromatic carbocycles. The van der Waals surface area contributed by atoms with E-state index in [4.69, 9.17) is 4.74 Å². The number of carbonyl (C=O) groups is 1. The summed E-state index contributed by atoms with van der Waals surface area (Å²) in [5, 5.41) is 15.1. The van der Waals surface area contributed by atoms with Crippen LogP contribution in [-0.4, -0.2) is 51.1 Å². The van der Waals surface area contributed by atoms with E-state index < -0.39 is 5.91 Å². The number of rotatable bonds is 6. The molecule has 7 heteroatoms. The van der Waals surface area contributed by atoms with E-state index in [2.05, 4.69) is 27.5 Å². The Morgan fingerprint density at radius 3 is 2.45 bits per heavy atom. The largest absolute Gasteiger partial charge is 0.495 e. The van der Waals surface area contributed by atoms with Crippen LogP contribution in [0.15, 0.2) is 60.3 Å². The second-order valence-corrected chi connectivity index (χ2v) is 6.81. The van der Waals surface area contributed by atoms with E-state index in [9.17, 15) is 10.1 Å². The van der Waals surface area contributed by atoms with E-state index in [0.29, 0.717) is 11.4 Å². The predicted octanol–water partition coefficient (Wildman–Crippen LogP) is 2.91. The fourth-order valence-electron chi connectivity index (χ4n) is 3.07. The van der Waals surface area contributed by atoms with Crippen LogP contribution < -0.4 is 20.3 Å². The lowest BCUT2D eigenvalue weighted by Crippen LogP contribution is -2.44. The fourth-order valence-corrected chi connectivity index (χ4v) is 3.07. The fraction of sp³-hybridized carbons (Fsp3) is 0.273. The zero-order valence-corrected chi connectivity index (χ0v) is 16.7. The summed E-state index contributed by atoms with van der Waals surface area (Å²) in [4.78, 5) is 17.1. The average Bonchev–Trinajstić information content (AvgIpc) is 2.75. The van der Waals surface area contributed by atoms with E-state index in [1.54, 1.807) is 18.2 Å². The summed E-state index contributed by atoms with van der Waals surface area (Å²) in [5.74, 6) is 0.0316. The van der Waals surface area contributed by atoms with Gasteiger partial charge in [-0.2, -0.15) is 5.26 Å². The summed E-state index contributed by atoms with van der Waals surface area (Å²) in [6.45, 7) is 4.11. The molecular formula is C22H25N5O2. The zero-order chi connectivity index (χ0) is 20.6. The van der Waals surface area contributed by atoms with Crippen LogP contribution >= 0.6 is 0 Å². The van der Waals surface area contributed by atoms with Gasteiger partial charge in [0.25, 0.3) is 5.91 Å². The molecule has 0 aromatic heterocycles. The van der Waals surface area contributed by atoms with Crippen LogP contribution in [0.5, 0.6) is 5.75 Å². The number of hydrogen-bond acceptors (Lipinski definition) is 6. The lowest BCUT2D eigenvalue weighted by atomic mass is 10.2. The van der Waals surface area contributed by atoms with Crippen molar-refractivity contribution >= 4 is 23.0 Å². The van der Waals surface area contributed by atoms with E-state index in [-0.39, 0.29) is 5.57 Å². The lowest BCUT2D eigenvalue weighted by Gasteiger charge is -2.34. The number of carbonyl (C=O) groups excluding carboxylic acids is 1. The summed E-state index contributed by atoms with van der Waals surface area (Å²) in [6.07, 6.45) is 1.41. The molecule has 2 aromatic rings. The molecule has 0 saturated carbocycles. The van der Waals surface area contributed by atoms with Crippen molar-refractivity contribution < 1.29 is 9.53 Å². The first-order chi connectivity index (χ1) is 14.1. The number of para-hydroxylation sites is 2. The minimum Gasteiger partial charge on any atom is -0.495 e. The Morgan fingerprint density at radius 1 is 1.10 bits per heavy atom. The van der Waals surface area contributed by atoms with Gasteiger partial charge in [-0.25, -0.2) is 0 Å². The summed E-state index contributed by atoms with van der Waals surface area (Å²) in [7, 11) is 3.66. The van der Waals surface area contributed by atoms with Crippen molar-refractivity contribution in [3.05, 3.63) is 60.3 Å². The third kappa shape index (κ3) is 5.27. The molecular weight excluding hydrogens is 366 g/mol. The summed E-state index contributed by atoms with van der Waals surface area (Å²) < 4.78 is 5.22. The summed E-state index contributed by atoms with van der Waals surface area (Å²) >= 11 is 0. The van der Waals surface area contributed by atoms with E-state index in [0.717, 1.165) is 31.9 Å². The molecule has 1 fully saturated rings. The first kappa shape index (κ1) is 20.2. The number of likely N-dealkylation sites (N-methyl/N-ethyl adjacent to an activating group) is 1. The SMILES string of the molecule is COc1ccccc1NC(=O)/C(C#N)=C\Nc1ccc(N2CCN(C)CC2)cc1. The highest BCUT2D eigenvalue weighted by molar-refractivity contribution is 6.07. The number of hydrogen-bond donors (Lipinski definition) is 2. The van der Waals surface area contributed by atoms with Gasteiger partial charge in [0.2, 0.25) is 0 Å². The first-order valence-electron chi connectivity index (χ1n) is 9.45. The average molecular weight is 391 g/mol. The van der Waals surface area contributed by atoms with Crippen LogP contribution in [-0.2, 0) is 4.79 Å². The molecule has 29 heavy (non-hydrogen) atoms. The number of benzene rings is 2. The van der Waals surface area contributed by atoms with E-state index in [1.165, 1.54) is 19.0 Å². The molecule has 0 atom stereocenters. The van der Waals surface area contributed by atoms with Crippen molar-refractivity contribution in [3.8, 4) is 11.8 Å². The molecule has 150 valence electrons. The van der Waals surface area contributed by atoms with Crippen LogP contribution in [0.2, 0.25) is 0 Å². The van der Waals surface area contributed by atoms with Gasteiger partial charge in [0.15, 0.2) is 0 Å². The van der Waals surface area contributed by atoms with Crippen LogP contribution in [0.25, 0.3) is 0 Å². The molecule has 0 spiro atoms. The van der Waals surface area contributed by atoms with Gasteiger partial charge < -0.3 is 25.2 Å². The van der Waals surface area contributed by atoms with Crippen molar-refractivity contribution in [2.24, 2.45) is 0 Å². The molecule has 1 heterocycles. The molecule has 1 aliphatic heterocycles. The third-order valence-corrected chi connectivity index (χ3v) is 4.84. The van der Waals surface area contributed by atoms with Gasteiger partial charge >= 0.3 is 0 Å². The number of nitrogens with zero attached hydrogens (tertiary/aromatic N) is 3. The number of ether oxygens (including phenoxy) is 1. The van der Waals surface area contributed by atoms with E-state index in [1.807, 2.05) is 36.4 Å². The molecule has 1 saturated heterocycles. The van der Waals surface area contributed by atoms with Gasteiger partial charge in [0.05, 0.1) is 12.8 Å². The van der Waals surface area contributed by atoms with Gasteiger partial charge in [0.1, 0.15) is 17.4 Å². The quantitative estimate of drug-likeness (QED) is 0.582. The van der Waals surface area contributed by atoms with Crippen LogP contribution in [0.3, 0.4) is 0 Å². The molecule has 0 unspecified atom stereocenters. The molecule has 3 rings (SSSR count). The van der Waals surface area contributed by atoms with Crippen LogP contribution in [0, 0.1) is 11.3 Å². The highest BCUT2D eigenvalue weighted by Crippen LogP contribution is 2.24. The molecule has 0 aliphatic carbocycles. The Balaban J connectivity index is 1.62. The Kier molecular flexibility index (Phi) is 6.72. The number of anilines is 3.